The summed E-state index contributed by atoms with van der Waals surface area (Å²) in [5.41, 5.74) is 0.505. The molecule has 0 spiro atoms. The number of hydrogen-bond donors (Lipinski definition) is 1. The number of nitrogens with zero attached hydrogens (tertiary/aromatic N) is 2. The van der Waals surface area contributed by atoms with E-state index in [-0.39, 0.29) is 5.97 Å². The highest BCUT2D eigenvalue weighted by Crippen LogP contribution is 2.39. The number of hydroxylamine groups is 2. The molecule has 4 rings (SSSR count). The van der Waals surface area contributed by atoms with Crippen molar-refractivity contribution in [2.24, 2.45) is 0 Å². The lowest BCUT2D eigenvalue weighted by Crippen LogP contribution is -2.45. The lowest BCUT2D eigenvalue weighted by atomic mass is 9.73. The molecular weight excluding hydrogens is 338 g/mol. The first-order valence-electron chi connectivity index (χ1n) is 9.40. The minimum atomic E-state index is -1.15. The smallest absolute Gasteiger partial charge is 0.347 e. The Hall–Kier alpha value is -2.92. The zero-order valence-electron chi connectivity index (χ0n) is 15.2. The molecule has 0 saturated carbocycles. The first-order valence-corrected chi connectivity index (χ1v) is 9.40. The molecule has 5 nitrogen and oxygen atoms in total. The van der Waals surface area contributed by atoms with Gasteiger partial charge in [0.15, 0.2) is 5.41 Å². The average Bonchev–Trinajstić information content (AvgIpc) is 3.26. The number of H-pyrrole nitrogens is 1. The van der Waals surface area contributed by atoms with Crippen molar-refractivity contribution in [3.05, 3.63) is 90.0 Å². The van der Waals surface area contributed by atoms with Crippen LogP contribution in [0.5, 0.6) is 0 Å². The van der Waals surface area contributed by atoms with E-state index >= 15 is 0 Å². The minimum absolute atomic E-state index is 0.336. The standard InChI is InChI=1S/C22H23N3O2/c26-21(27-25-16-8-3-9-17-25)22(20-23-14-15-24-20,18-10-4-1-5-11-18)19-12-6-2-7-13-19/h1-2,4-7,10-15H,3,8-9,16-17H2,(H,23,24). The molecule has 1 aliphatic heterocycles. The van der Waals surface area contributed by atoms with Crippen molar-refractivity contribution in [1.82, 2.24) is 15.0 Å². The van der Waals surface area contributed by atoms with Gasteiger partial charge in [0.1, 0.15) is 5.82 Å². The molecule has 0 unspecified atom stereocenters. The molecule has 0 aliphatic carbocycles. The number of hydrogen-bond acceptors (Lipinski definition) is 4. The summed E-state index contributed by atoms with van der Waals surface area (Å²) in [6.07, 6.45) is 6.67. The van der Waals surface area contributed by atoms with Crippen molar-refractivity contribution in [2.45, 2.75) is 24.7 Å². The summed E-state index contributed by atoms with van der Waals surface area (Å²) in [4.78, 5) is 27.3. The van der Waals surface area contributed by atoms with Crippen LogP contribution in [0.15, 0.2) is 73.1 Å². The van der Waals surface area contributed by atoms with Crippen LogP contribution in [-0.2, 0) is 15.0 Å². The van der Waals surface area contributed by atoms with Gasteiger partial charge in [0.25, 0.3) is 0 Å². The highest BCUT2D eigenvalue weighted by molar-refractivity contribution is 5.91. The highest BCUT2D eigenvalue weighted by atomic mass is 16.7. The molecule has 1 saturated heterocycles. The van der Waals surface area contributed by atoms with Crippen molar-refractivity contribution in [1.29, 1.82) is 0 Å². The van der Waals surface area contributed by atoms with Crippen LogP contribution < -0.4 is 0 Å². The number of carbonyl (C=O) groups is 1. The first kappa shape index (κ1) is 17.5. The van der Waals surface area contributed by atoms with Crippen LogP contribution in [0, 0.1) is 0 Å². The predicted octanol–water partition coefficient (Wildman–Crippen LogP) is 3.69. The maximum Gasteiger partial charge on any atom is 0.347 e. The maximum absolute atomic E-state index is 13.7. The van der Waals surface area contributed by atoms with Crippen LogP contribution in [0.2, 0.25) is 0 Å². The number of aromatic nitrogens is 2. The highest BCUT2D eigenvalue weighted by Gasteiger charge is 2.48. The minimum Gasteiger partial charge on any atom is -0.366 e. The summed E-state index contributed by atoms with van der Waals surface area (Å²) in [6.45, 7) is 1.53. The Labute approximate surface area is 159 Å². The van der Waals surface area contributed by atoms with Gasteiger partial charge in [0, 0.05) is 25.5 Å². The van der Waals surface area contributed by atoms with Crippen LogP contribution in [0.4, 0.5) is 0 Å². The largest absolute Gasteiger partial charge is 0.366 e. The van der Waals surface area contributed by atoms with Gasteiger partial charge in [0.05, 0.1) is 0 Å². The molecule has 1 fully saturated rings. The maximum atomic E-state index is 13.7. The molecule has 0 amide bonds. The Morgan fingerprint density at radius 1 is 0.926 bits per heavy atom. The van der Waals surface area contributed by atoms with E-state index in [0.29, 0.717) is 5.82 Å². The second kappa shape index (κ2) is 7.76. The average molecular weight is 361 g/mol. The third-order valence-electron chi connectivity index (χ3n) is 5.10. The summed E-state index contributed by atoms with van der Waals surface area (Å²) in [5, 5.41) is 1.79. The summed E-state index contributed by atoms with van der Waals surface area (Å²) < 4.78 is 0. The summed E-state index contributed by atoms with van der Waals surface area (Å²) in [5.74, 6) is 0.221. The number of rotatable bonds is 5. The Bertz CT molecular complexity index is 818. The number of imidazole rings is 1. The van der Waals surface area contributed by atoms with Gasteiger partial charge in [-0.15, -0.1) is 5.06 Å². The normalized spacial score (nSPS) is 15.4. The molecule has 5 heteroatoms. The number of nitrogens with one attached hydrogen (secondary N) is 1. The van der Waals surface area contributed by atoms with Crippen LogP contribution in [-0.4, -0.2) is 34.1 Å². The van der Waals surface area contributed by atoms with Gasteiger partial charge in [-0.2, -0.15) is 0 Å². The van der Waals surface area contributed by atoms with Gasteiger partial charge in [-0.25, -0.2) is 9.78 Å². The van der Waals surface area contributed by atoms with Gasteiger partial charge in [0.2, 0.25) is 0 Å². The van der Waals surface area contributed by atoms with E-state index < -0.39 is 5.41 Å². The Morgan fingerprint density at radius 3 is 2.04 bits per heavy atom. The SMILES string of the molecule is O=C(ON1CCCCC1)C(c1ccccc1)(c1ccccc1)c1ncc[nH]1. The fourth-order valence-corrected chi connectivity index (χ4v) is 3.76. The molecular formula is C22H23N3O2. The van der Waals surface area contributed by atoms with E-state index in [0.717, 1.165) is 37.1 Å². The second-order valence-electron chi connectivity index (χ2n) is 6.79. The fourth-order valence-electron chi connectivity index (χ4n) is 3.76. The zero-order valence-corrected chi connectivity index (χ0v) is 15.2. The summed E-state index contributed by atoms with van der Waals surface area (Å²) in [6, 6.07) is 19.4. The number of benzene rings is 2. The predicted molar refractivity (Wildman–Crippen MR) is 103 cm³/mol. The van der Waals surface area contributed by atoms with Gasteiger partial charge < -0.3 is 9.82 Å². The van der Waals surface area contributed by atoms with E-state index in [1.54, 1.807) is 17.5 Å². The molecule has 27 heavy (non-hydrogen) atoms. The molecule has 3 aromatic rings. The van der Waals surface area contributed by atoms with Crippen molar-refractivity contribution in [3.63, 3.8) is 0 Å². The van der Waals surface area contributed by atoms with Crippen molar-refractivity contribution in [3.8, 4) is 0 Å². The van der Waals surface area contributed by atoms with Crippen LogP contribution >= 0.6 is 0 Å². The molecule has 1 N–H and O–H groups in total. The Balaban J connectivity index is 1.86. The molecule has 0 radical (unpaired) electrons. The number of piperidine rings is 1. The van der Waals surface area contributed by atoms with Gasteiger partial charge >= 0.3 is 5.97 Å². The van der Waals surface area contributed by atoms with E-state index in [4.69, 9.17) is 4.84 Å². The molecule has 0 bridgehead atoms. The van der Waals surface area contributed by atoms with Crippen LogP contribution in [0.3, 0.4) is 0 Å². The van der Waals surface area contributed by atoms with Crippen molar-refractivity contribution in [2.75, 3.05) is 13.1 Å². The Kier molecular flexibility index (Phi) is 5.03. The molecule has 2 aromatic carbocycles. The van der Waals surface area contributed by atoms with E-state index in [2.05, 4.69) is 9.97 Å². The van der Waals surface area contributed by atoms with Crippen LogP contribution in [0.1, 0.15) is 36.2 Å². The number of carbonyl (C=O) groups excluding carboxylic acids is 1. The molecule has 1 aromatic heterocycles. The zero-order chi connectivity index (χ0) is 18.5. The van der Waals surface area contributed by atoms with Gasteiger partial charge in [-0.1, -0.05) is 67.1 Å². The fraction of sp³-hybridized carbons (Fsp3) is 0.273. The monoisotopic (exact) mass is 361 g/mol. The third kappa shape index (κ3) is 3.26. The lowest BCUT2D eigenvalue weighted by Gasteiger charge is -2.34. The van der Waals surface area contributed by atoms with E-state index in [9.17, 15) is 4.79 Å². The summed E-state index contributed by atoms with van der Waals surface area (Å²) >= 11 is 0. The molecule has 2 heterocycles. The third-order valence-corrected chi connectivity index (χ3v) is 5.10. The van der Waals surface area contributed by atoms with Crippen molar-refractivity contribution >= 4 is 5.97 Å². The van der Waals surface area contributed by atoms with Crippen LogP contribution in [0.25, 0.3) is 0 Å². The molecule has 1 aliphatic rings. The molecule has 0 atom stereocenters. The quantitative estimate of drug-likeness (QED) is 0.753. The second-order valence-corrected chi connectivity index (χ2v) is 6.79. The summed E-state index contributed by atoms with van der Waals surface area (Å²) in [7, 11) is 0. The topological polar surface area (TPSA) is 58.2 Å². The first-order chi connectivity index (χ1) is 13.3. The molecule has 138 valence electrons. The van der Waals surface area contributed by atoms with Gasteiger partial charge in [-0.3, -0.25) is 0 Å². The lowest BCUT2D eigenvalue weighted by molar-refractivity contribution is -0.198. The van der Waals surface area contributed by atoms with E-state index in [1.165, 1.54) is 6.42 Å². The Morgan fingerprint density at radius 2 is 1.52 bits per heavy atom. The van der Waals surface area contributed by atoms with E-state index in [1.807, 2.05) is 60.7 Å². The number of aromatic amines is 1. The van der Waals surface area contributed by atoms with Gasteiger partial charge in [-0.05, 0) is 24.0 Å². The van der Waals surface area contributed by atoms with Crippen molar-refractivity contribution < 1.29 is 9.63 Å².